The number of aryl methyl sites for hydroxylation is 2. The van der Waals surface area contributed by atoms with Gasteiger partial charge in [0.15, 0.2) is 0 Å². The monoisotopic (exact) mass is 430 g/mol. The Labute approximate surface area is 190 Å². The first-order valence-electron chi connectivity index (χ1n) is 11.9. The van der Waals surface area contributed by atoms with Crippen molar-refractivity contribution in [3.63, 3.8) is 0 Å². The highest BCUT2D eigenvalue weighted by Crippen LogP contribution is 2.48. The maximum atomic E-state index is 14.2. The predicted molar refractivity (Wildman–Crippen MR) is 125 cm³/mol. The van der Waals surface area contributed by atoms with Crippen LogP contribution in [0.15, 0.2) is 48.8 Å². The van der Waals surface area contributed by atoms with Gasteiger partial charge >= 0.3 is 0 Å². The molecule has 0 saturated heterocycles. The number of halogens is 1. The molecule has 2 aromatic heterocycles. The molecule has 1 aliphatic carbocycles. The van der Waals surface area contributed by atoms with E-state index in [0.29, 0.717) is 17.4 Å². The summed E-state index contributed by atoms with van der Waals surface area (Å²) in [5, 5.41) is 0. The molecular weight excluding hydrogens is 399 g/mol. The molecule has 2 aliphatic rings. The van der Waals surface area contributed by atoms with Crippen LogP contribution in [0.5, 0.6) is 5.75 Å². The number of aromatic nitrogens is 2. The molecule has 0 bridgehead atoms. The van der Waals surface area contributed by atoms with Gasteiger partial charge < -0.3 is 4.74 Å². The van der Waals surface area contributed by atoms with Gasteiger partial charge in [0.25, 0.3) is 0 Å². The lowest BCUT2D eigenvalue weighted by Crippen LogP contribution is -2.11. The van der Waals surface area contributed by atoms with Gasteiger partial charge in [-0.2, -0.15) is 0 Å². The Balaban J connectivity index is 1.40. The van der Waals surface area contributed by atoms with E-state index in [1.54, 1.807) is 12.3 Å². The average molecular weight is 431 g/mol. The van der Waals surface area contributed by atoms with Crippen molar-refractivity contribution in [3.8, 4) is 16.9 Å². The van der Waals surface area contributed by atoms with E-state index in [2.05, 4.69) is 42.0 Å². The molecule has 2 atom stereocenters. The van der Waals surface area contributed by atoms with Gasteiger partial charge in [-0.15, -0.1) is 0 Å². The van der Waals surface area contributed by atoms with Crippen molar-refractivity contribution in [2.24, 2.45) is 11.8 Å². The van der Waals surface area contributed by atoms with Crippen molar-refractivity contribution in [1.29, 1.82) is 0 Å². The summed E-state index contributed by atoms with van der Waals surface area (Å²) < 4.78 is 20.8. The van der Waals surface area contributed by atoms with Gasteiger partial charge in [-0.05, 0) is 86.1 Å². The van der Waals surface area contributed by atoms with Crippen LogP contribution >= 0.6 is 0 Å². The van der Waals surface area contributed by atoms with Crippen LogP contribution in [0.3, 0.4) is 0 Å². The number of ether oxygens (including phenoxy) is 1. The zero-order valence-corrected chi connectivity index (χ0v) is 19.1. The molecule has 0 amide bonds. The summed E-state index contributed by atoms with van der Waals surface area (Å²) in [5.74, 6) is 2.75. The van der Waals surface area contributed by atoms with E-state index in [4.69, 9.17) is 4.74 Å². The minimum atomic E-state index is -0.326. The van der Waals surface area contributed by atoms with Crippen LogP contribution in [0.2, 0.25) is 0 Å². The van der Waals surface area contributed by atoms with Gasteiger partial charge in [0, 0.05) is 23.0 Å². The normalized spacial score (nSPS) is 19.2. The van der Waals surface area contributed by atoms with Gasteiger partial charge in [-0.3, -0.25) is 9.97 Å². The second-order valence-electron chi connectivity index (χ2n) is 9.75. The lowest BCUT2D eigenvalue weighted by atomic mass is 9.84. The van der Waals surface area contributed by atoms with Crippen molar-refractivity contribution in [3.05, 3.63) is 77.1 Å². The summed E-state index contributed by atoms with van der Waals surface area (Å²) in [6, 6.07) is 12.6. The van der Waals surface area contributed by atoms with Crippen molar-refractivity contribution in [2.75, 3.05) is 0 Å². The molecule has 5 rings (SSSR count). The van der Waals surface area contributed by atoms with Crippen LogP contribution in [-0.4, -0.2) is 9.97 Å². The largest absolute Gasteiger partial charge is 0.484 e. The second kappa shape index (κ2) is 8.65. The summed E-state index contributed by atoms with van der Waals surface area (Å²) in [4.78, 5) is 8.69. The summed E-state index contributed by atoms with van der Waals surface area (Å²) in [6.07, 6.45) is 8.65. The van der Waals surface area contributed by atoms with Crippen molar-refractivity contribution in [1.82, 2.24) is 9.97 Å². The summed E-state index contributed by atoms with van der Waals surface area (Å²) >= 11 is 0. The molecule has 1 unspecified atom stereocenters. The Kier molecular flexibility index (Phi) is 5.71. The van der Waals surface area contributed by atoms with Crippen LogP contribution in [0.25, 0.3) is 11.1 Å². The number of fused-ring (bicyclic) bond motifs is 1. The van der Waals surface area contributed by atoms with Gasteiger partial charge in [-0.1, -0.05) is 32.0 Å². The Hall–Kier alpha value is -2.75. The maximum Gasteiger partial charge on any atom is 0.149 e. The Morgan fingerprint density at radius 3 is 2.56 bits per heavy atom. The SMILES string of the molecule is Cc1cc(-c2ccc(C3CCCc4ccc([C@@H](C(C)C)C5CC5)cc4O3)nc2)c(F)cn1. The lowest BCUT2D eigenvalue weighted by Gasteiger charge is -2.23. The Bertz CT molecular complexity index is 1100. The van der Waals surface area contributed by atoms with E-state index >= 15 is 0 Å². The van der Waals surface area contributed by atoms with Gasteiger partial charge in [0.2, 0.25) is 0 Å². The van der Waals surface area contributed by atoms with E-state index in [1.165, 1.54) is 30.2 Å². The molecule has 166 valence electrons. The van der Waals surface area contributed by atoms with E-state index in [1.807, 2.05) is 19.1 Å². The summed E-state index contributed by atoms with van der Waals surface area (Å²) in [5.41, 5.74) is 5.69. The van der Waals surface area contributed by atoms with Crippen molar-refractivity contribution in [2.45, 2.75) is 64.9 Å². The van der Waals surface area contributed by atoms with Crippen LogP contribution in [0.1, 0.15) is 74.1 Å². The minimum absolute atomic E-state index is 0.0806. The third kappa shape index (κ3) is 4.28. The highest BCUT2D eigenvalue weighted by molar-refractivity contribution is 5.63. The first-order chi connectivity index (χ1) is 15.5. The molecule has 3 nitrogen and oxygen atoms in total. The van der Waals surface area contributed by atoms with Gasteiger partial charge in [0.1, 0.15) is 17.7 Å². The molecule has 0 N–H and O–H groups in total. The molecule has 1 fully saturated rings. The maximum absolute atomic E-state index is 14.2. The molecule has 0 spiro atoms. The fraction of sp³-hybridized carbons (Fsp3) is 0.429. The van der Waals surface area contributed by atoms with Crippen LogP contribution < -0.4 is 4.74 Å². The molecule has 32 heavy (non-hydrogen) atoms. The van der Waals surface area contributed by atoms with E-state index in [0.717, 1.165) is 47.9 Å². The van der Waals surface area contributed by atoms with Crippen molar-refractivity contribution >= 4 is 0 Å². The Morgan fingerprint density at radius 2 is 1.84 bits per heavy atom. The zero-order valence-electron chi connectivity index (χ0n) is 19.1. The molecule has 1 saturated carbocycles. The smallest absolute Gasteiger partial charge is 0.149 e. The standard InChI is InChI=1S/C28H31FN2O/c1-17(2)28(20-8-9-20)21-10-7-19-5-4-6-26(32-27(19)14-21)25-12-11-22(15-31-25)23-13-18(3)30-16-24(23)29/h7,10-17,20,26,28H,4-6,8-9H2,1-3H3/t26?,28-/m0/s1. The van der Waals surface area contributed by atoms with Crippen molar-refractivity contribution < 1.29 is 9.13 Å². The fourth-order valence-electron chi connectivity index (χ4n) is 5.17. The number of benzene rings is 1. The number of hydrogen-bond donors (Lipinski definition) is 0. The first kappa shape index (κ1) is 21.1. The zero-order chi connectivity index (χ0) is 22.2. The second-order valence-corrected chi connectivity index (χ2v) is 9.75. The molecule has 0 radical (unpaired) electrons. The lowest BCUT2D eigenvalue weighted by molar-refractivity contribution is 0.194. The third-order valence-corrected chi connectivity index (χ3v) is 6.93. The summed E-state index contributed by atoms with van der Waals surface area (Å²) in [6.45, 7) is 6.52. The highest BCUT2D eigenvalue weighted by atomic mass is 19.1. The van der Waals surface area contributed by atoms with E-state index in [-0.39, 0.29) is 11.9 Å². The molecule has 1 aliphatic heterocycles. The van der Waals surface area contributed by atoms with E-state index in [9.17, 15) is 4.39 Å². The number of nitrogens with zero attached hydrogens (tertiary/aromatic N) is 2. The predicted octanol–water partition coefficient (Wildman–Crippen LogP) is 7.20. The average Bonchev–Trinajstić information content (AvgIpc) is 3.62. The summed E-state index contributed by atoms with van der Waals surface area (Å²) in [7, 11) is 0. The molecule has 4 heteroatoms. The third-order valence-electron chi connectivity index (χ3n) is 6.93. The number of rotatable bonds is 5. The Morgan fingerprint density at radius 1 is 1.00 bits per heavy atom. The van der Waals surface area contributed by atoms with E-state index < -0.39 is 0 Å². The van der Waals surface area contributed by atoms with Crippen LogP contribution in [-0.2, 0) is 6.42 Å². The quantitative estimate of drug-likeness (QED) is 0.429. The van der Waals surface area contributed by atoms with Crippen LogP contribution in [0.4, 0.5) is 4.39 Å². The molecule has 1 aromatic carbocycles. The number of hydrogen-bond acceptors (Lipinski definition) is 3. The molecule has 3 aromatic rings. The van der Waals surface area contributed by atoms with Crippen LogP contribution in [0, 0.1) is 24.6 Å². The molecule has 3 heterocycles. The molecular formula is C28H31FN2O. The topological polar surface area (TPSA) is 35.0 Å². The van der Waals surface area contributed by atoms with Gasteiger partial charge in [0.05, 0.1) is 11.9 Å². The highest BCUT2D eigenvalue weighted by Gasteiger charge is 2.34. The number of pyridine rings is 2. The first-order valence-corrected chi connectivity index (χ1v) is 11.9. The fourth-order valence-corrected chi connectivity index (χ4v) is 5.17. The van der Waals surface area contributed by atoms with Gasteiger partial charge in [-0.25, -0.2) is 4.39 Å². The minimum Gasteiger partial charge on any atom is -0.484 e.